The Hall–Kier alpha value is -3.31. The molecule has 0 saturated carbocycles. The van der Waals surface area contributed by atoms with Gasteiger partial charge in [0.15, 0.2) is 6.61 Å². The predicted molar refractivity (Wildman–Crippen MR) is 145 cm³/mol. The number of carbonyl (C=O) groups excluding carboxylic acids is 2. The van der Waals surface area contributed by atoms with Gasteiger partial charge in [0, 0.05) is 24.5 Å². The molecule has 0 aliphatic carbocycles. The number of unbranched alkanes of at least 4 members (excludes halogenated alkanes) is 1. The summed E-state index contributed by atoms with van der Waals surface area (Å²) >= 11 is 6.13. The van der Waals surface area contributed by atoms with Crippen molar-refractivity contribution in [3.8, 4) is 5.75 Å². The highest BCUT2D eigenvalue weighted by Crippen LogP contribution is 2.22. The van der Waals surface area contributed by atoms with Gasteiger partial charge in [0.25, 0.3) is 5.91 Å². The van der Waals surface area contributed by atoms with E-state index in [0.717, 1.165) is 35.1 Å². The van der Waals surface area contributed by atoms with Crippen molar-refractivity contribution in [2.45, 2.75) is 52.6 Å². The van der Waals surface area contributed by atoms with Crippen LogP contribution in [0.2, 0.25) is 5.02 Å². The van der Waals surface area contributed by atoms with Gasteiger partial charge in [-0.05, 0) is 55.2 Å². The zero-order valence-corrected chi connectivity index (χ0v) is 22.1. The van der Waals surface area contributed by atoms with E-state index in [-0.39, 0.29) is 18.4 Å². The number of aryl methyl sites for hydroxylation is 2. The van der Waals surface area contributed by atoms with Crippen LogP contribution >= 0.6 is 11.6 Å². The van der Waals surface area contributed by atoms with Crippen LogP contribution in [0.1, 0.15) is 42.0 Å². The lowest BCUT2D eigenvalue weighted by Gasteiger charge is -2.31. The Labute approximate surface area is 219 Å². The Morgan fingerprint density at radius 1 is 0.972 bits per heavy atom. The first-order chi connectivity index (χ1) is 17.4. The lowest BCUT2D eigenvalue weighted by molar-refractivity contribution is -0.142. The molecule has 36 heavy (non-hydrogen) atoms. The quantitative estimate of drug-likeness (QED) is 0.311. The van der Waals surface area contributed by atoms with Crippen molar-refractivity contribution in [3.05, 3.63) is 100 Å². The van der Waals surface area contributed by atoms with Crippen LogP contribution in [-0.4, -0.2) is 35.9 Å². The number of ether oxygens (including phenoxy) is 1. The molecule has 3 rings (SSSR count). The number of carbonyl (C=O) groups is 2. The fourth-order valence-electron chi connectivity index (χ4n) is 4.00. The van der Waals surface area contributed by atoms with E-state index < -0.39 is 6.04 Å². The summed E-state index contributed by atoms with van der Waals surface area (Å²) in [4.78, 5) is 28.7. The molecule has 0 aliphatic heterocycles. The second kappa shape index (κ2) is 13.7. The first kappa shape index (κ1) is 27.3. The third-order valence-corrected chi connectivity index (χ3v) is 6.45. The number of nitrogens with one attached hydrogen (secondary N) is 1. The number of hydrogen-bond donors (Lipinski definition) is 1. The van der Waals surface area contributed by atoms with Crippen LogP contribution in [-0.2, 0) is 22.6 Å². The molecule has 0 heterocycles. The number of nitrogens with zero attached hydrogens (tertiary/aromatic N) is 1. The highest BCUT2D eigenvalue weighted by atomic mass is 35.5. The van der Waals surface area contributed by atoms with Gasteiger partial charge in [0.05, 0.1) is 0 Å². The van der Waals surface area contributed by atoms with Crippen molar-refractivity contribution in [2.75, 3.05) is 13.2 Å². The van der Waals surface area contributed by atoms with Crippen molar-refractivity contribution in [2.24, 2.45) is 0 Å². The topological polar surface area (TPSA) is 58.6 Å². The van der Waals surface area contributed by atoms with Gasteiger partial charge in [0.1, 0.15) is 11.8 Å². The molecule has 2 amide bonds. The van der Waals surface area contributed by atoms with E-state index in [1.807, 2.05) is 68.4 Å². The van der Waals surface area contributed by atoms with Gasteiger partial charge in [-0.3, -0.25) is 9.59 Å². The molecule has 3 aromatic carbocycles. The highest BCUT2D eigenvalue weighted by molar-refractivity contribution is 6.31. The first-order valence-electron chi connectivity index (χ1n) is 12.4. The van der Waals surface area contributed by atoms with E-state index in [9.17, 15) is 9.59 Å². The number of benzene rings is 3. The lowest BCUT2D eigenvalue weighted by Crippen LogP contribution is -2.51. The molecule has 0 radical (unpaired) electrons. The molecule has 1 atom stereocenters. The lowest BCUT2D eigenvalue weighted by atomic mass is 10.0. The molecular weight excluding hydrogens is 472 g/mol. The zero-order chi connectivity index (χ0) is 25.9. The summed E-state index contributed by atoms with van der Waals surface area (Å²) < 4.78 is 5.84. The molecule has 0 fully saturated rings. The molecule has 0 aromatic heterocycles. The van der Waals surface area contributed by atoms with Crippen molar-refractivity contribution in [1.82, 2.24) is 10.2 Å². The van der Waals surface area contributed by atoms with Gasteiger partial charge in [0.2, 0.25) is 5.91 Å². The van der Waals surface area contributed by atoms with Crippen LogP contribution in [0.3, 0.4) is 0 Å². The van der Waals surface area contributed by atoms with Crippen LogP contribution in [0, 0.1) is 13.8 Å². The Bertz CT molecular complexity index is 1150. The smallest absolute Gasteiger partial charge is 0.261 e. The standard InChI is InChI=1S/C30H35ClN2O3/c1-4-5-16-32-30(35)28(19-24-11-7-6-8-12-24)33(20-25-13-9-10-22(2)17-25)29(34)21-36-26-14-15-27(31)23(3)18-26/h6-15,17-18,28H,4-5,16,19-21H2,1-3H3,(H,32,35). The van der Waals surface area contributed by atoms with Gasteiger partial charge in [-0.1, -0.05) is 85.1 Å². The first-order valence-corrected chi connectivity index (χ1v) is 12.8. The Morgan fingerprint density at radius 2 is 1.72 bits per heavy atom. The summed E-state index contributed by atoms with van der Waals surface area (Å²) in [6.45, 7) is 6.69. The minimum atomic E-state index is -0.673. The van der Waals surface area contributed by atoms with Crippen LogP contribution in [0.15, 0.2) is 72.8 Å². The van der Waals surface area contributed by atoms with E-state index in [0.29, 0.717) is 30.3 Å². The summed E-state index contributed by atoms with van der Waals surface area (Å²) in [7, 11) is 0. The van der Waals surface area contributed by atoms with Gasteiger partial charge in [-0.15, -0.1) is 0 Å². The van der Waals surface area contributed by atoms with E-state index in [4.69, 9.17) is 16.3 Å². The Balaban J connectivity index is 1.89. The largest absolute Gasteiger partial charge is 0.484 e. The maximum Gasteiger partial charge on any atom is 0.261 e. The third kappa shape index (κ3) is 8.13. The Kier molecular flexibility index (Phi) is 10.4. The number of halogens is 1. The molecule has 1 N–H and O–H groups in total. The highest BCUT2D eigenvalue weighted by Gasteiger charge is 2.30. The van der Waals surface area contributed by atoms with Gasteiger partial charge in [-0.2, -0.15) is 0 Å². The Morgan fingerprint density at radius 3 is 2.42 bits per heavy atom. The second-order valence-electron chi connectivity index (χ2n) is 9.06. The number of rotatable bonds is 12. The fraction of sp³-hybridized carbons (Fsp3) is 0.333. The predicted octanol–water partition coefficient (Wildman–Crippen LogP) is 5.89. The van der Waals surface area contributed by atoms with Crippen molar-refractivity contribution in [3.63, 3.8) is 0 Å². The molecule has 0 spiro atoms. The molecule has 3 aromatic rings. The molecule has 0 bridgehead atoms. The van der Waals surface area contributed by atoms with E-state index in [1.165, 1.54) is 0 Å². The summed E-state index contributed by atoms with van der Waals surface area (Å²) in [6, 6.07) is 22.4. The summed E-state index contributed by atoms with van der Waals surface area (Å²) in [6.07, 6.45) is 2.27. The molecule has 0 saturated heterocycles. The van der Waals surface area contributed by atoms with Crippen LogP contribution < -0.4 is 10.1 Å². The second-order valence-corrected chi connectivity index (χ2v) is 9.47. The summed E-state index contributed by atoms with van der Waals surface area (Å²) in [5.74, 6) is 0.152. The average molecular weight is 507 g/mol. The molecule has 6 heteroatoms. The van der Waals surface area contributed by atoms with Crippen LogP contribution in [0.5, 0.6) is 5.75 Å². The molecule has 5 nitrogen and oxygen atoms in total. The van der Waals surface area contributed by atoms with Crippen LogP contribution in [0.25, 0.3) is 0 Å². The summed E-state index contributed by atoms with van der Waals surface area (Å²) in [5.41, 5.74) is 3.92. The zero-order valence-electron chi connectivity index (χ0n) is 21.3. The molecule has 0 aliphatic rings. The van der Waals surface area contributed by atoms with E-state index >= 15 is 0 Å². The number of hydrogen-bond acceptors (Lipinski definition) is 3. The molecular formula is C30H35ClN2O3. The van der Waals surface area contributed by atoms with Crippen molar-refractivity contribution in [1.29, 1.82) is 0 Å². The third-order valence-electron chi connectivity index (χ3n) is 6.03. The van der Waals surface area contributed by atoms with Gasteiger partial charge in [-0.25, -0.2) is 0 Å². The fourth-order valence-corrected chi connectivity index (χ4v) is 4.12. The number of amides is 2. The molecule has 1 unspecified atom stereocenters. The minimum Gasteiger partial charge on any atom is -0.484 e. The van der Waals surface area contributed by atoms with Crippen molar-refractivity contribution >= 4 is 23.4 Å². The minimum absolute atomic E-state index is 0.157. The van der Waals surface area contributed by atoms with Crippen LogP contribution in [0.4, 0.5) is 0 Å². The normalized spacial score (nSPS) is 11.6. The van der Waals surface area contributed by atoms with Gasteiger partial charge >= 0.3 is 0 Å². The SMILES string of the molecule is CCCCNC(=O)C(Cc1ccccc1)N(Cc1cccc(C)c1)C(=O)COc1ccc(Cl)c(C)c1. The summed E-state index contributed by atoms with van der Waals surface area (Å²) in [5, 5.41) is 3.68. The molecule has 190 valence electrons. The monoisotopic (exact) mass is 506 g/mol. The maximum atomic E-state index is 13.6. The van der Waals surface area contributed by atoms with E-state index in [1.54, 1.807) is 23.1 Å². The van der Waals surface area contributed by atoms with Crippen molar-refractivity contribution < 1.29 is 14.3 Å². The maximum absolute atomic E-state index is 13.6. The van der Waals surface area contributed by atoms with Gasteiger partial charge < -0.3 is 15.0 Å². The average Bonchev–Trinajstić information content (AvgIpc) is 2.87. The van der Waals surface area contributed by atoms with E-state index in [2.05, 4.69) is 12.2 Å².